The van der Waals surface area contributed by atoms with Gasteiger partial charge in [0.2, 0.25) is 15.9 Å². The summed E-state index contributed by atoms with van der Waals surface area (Å²) in [6, 6.07) is 16.2. The number of halogens is 1. The van der Waals surface area contributed by atoms with Crippen LogP contribution in [0.1, 0.15) is 25.3 Å². The zero-order valence-corrected chi connectivity index (χ0v) is 18.9. The minimum Gasteiger partial charge on any atom is -0.354 e. The first kappa shape index (κ1) is 22.7. The van der Waals surface area contributed by atoms with E-state index in [9.17, 15) is 13.2 Å². The monoisotopic (exact) mass is 449 g/mol. The van der Waals surface area contributed by atoms with Crippen LogP contribution in [0.2, 0.25) is 5.02 Å². The molecule has 2 atom stereocenters. The van der Waals surface area contributed by atoms with E-state index in [-0.39, 0.29) is 27.8 Å². The minimum absolute atomic E-state index is 0.0415. The maximum Gasteiger partial charge on any atom is 0.244 e. The van der Waals surface area contributed by atoms with Crippen LogP contribution in [0, 0.1) is 0 Å². The van der Waals surface area contributed by atoms with Gasteiger partial charge in [-0.25, -0.2) is 8.42 Å². The van der Waals surface area contributed by atoms with Crippen molar-refractivity contribution >= 4 is 27.5 Å². The molecule has 0 aliphatic carbocycles. The van der Waals surface area contributed by atoms with Crippen molar-refractivity contribution in [2.75, 3.05) is 32.7 Å². The number of rotatable bonds is 7. The lowest BCUT2D eigenvalue weighted by Crippen LogP contribution is -2.55. The van der Waals surface area contributed by atoms with E-state index in [0.29, 0.717) is 32.7 Å². The third-order valence-corrected chi connectivity index (χ3v) is 8.00. The fourth-order valence-corrected chi connectivity index (χ4v) is 5.51. The Morgan fingerprint density at radius 3 is 2.23 bits per heavy atom. The maximum absolute atomic E-state index is 12.9. The Morgan fingerprint density at radius 2 is 1.60 bits per heavy atom. The molecule has 30 heavy (non-hydrogen) atoms. The van der Waals surface area contributed by atoms with Crippen molar-refractivity contribution in [2.24, 2.45) is 0 Å². The topological polar surface area (TPSA) is 69.7 Å². The first-order valence-electron chi connectivity index (χ1n) is 10.1. The molecule has 2 unspecified atom stereocenters. The summed E-state index contributed by atoms with van der Waals surface area (Å²) in [4.78, 5) is 14.8. The molecule has 0 aromatic heterocycles. The van der Waals surface area contributed by atoms with Gasteiger partial charge in [-0.3, -0.25) is 9.69 Å². The Balaban J connectivity index is 1.53. The van der Waals surface area contributed by atoms with Crippen molar-refractivity contribution in [1.29, 1.82) is 0 Å². The van der Waals surface area contributed by atoms with Crippen molar-refractivity contribution in [3.8, 4) is 0 Å². The van der Waals surface area contributed by atoms with Crippen LogP contribution in [0.25, 0.3) is 0 Å². The smallest absolute Gasteiger partial charge is 0.244 e. The van der Waals surface area contributed by atoms with Gasteiger partial charge in [-0.2, -0.15) is 4.31 Å². The molecule has 1 saturated heterocycles. The third kappa shape index (κ3) is 5.21. The highest BCUT2D eigenvalue weighted by Gasteiger charge is 2.32. The van der Waals surface area contributed by atoms with E-state index in [0.717, 1.165) is 0 Å². The van der Waals surface area contributed by atoms with Gasteiger partial charge >= 0.3 is 0 Å². The predicted octanol–water partition coefficient (Wildman–Crippen LogP) is 2.95. The molecule has 1 fully saturated rings. The van der Waals surface area contributed by atoms with Crippen LogP contribution in [-0.2, 0) is 14.8 Å². The lowest BCUT2D eigenvalue weighted by molar-refractivity contribution is -0.126. The Kier molecular flexibility index (Phi) is 7.52. The maximum atomic E-state index is 12.9. The Bertz CT molecular complexity index is 961. The minimum atomic E-state index is -3.64. The largest absolute Gasteiger partial charge is 0.354 e. The number of amides is 1. The number of sulfonamides is 1. The van der Waals surface area contributed by atoms with Gasteiger partial charge in [0.1, 0.15) is 4.90 Å². The number of hydrogen-bond donors (Lipinski definition) is 1. The summed E-state index contributed by atoms with van der Waals surface area (Å²) in [5, 5.41) is 3.25. The van der Waals surface area contributed by atoms with Crippen LogP contribution < -0.4 is 5.32 Å². The number of carbonyl (C=O) groups is 1. The van der Waals surface area contributed by atoms with Crippen molar-refractivity contribution in [2.45, 2.75) is 30.7 Å². The number of nitrogens with zero attached hydrogens (tertiary/aromatic N) is 2. The normalized spacial score (nSPS) is 18.0. The van der Waals surface area contributed by atoms with Crippen LogP contribution in [0.3, 0.4) is 0 Å². The second-order valence-electron chi connectivity index (χ2n) is 7.60. The lowest BCUT2D eigenvalue weighted by Gasteiger charge is -2.36. The Hall–Kier alpha value is -1.93. The van der Waals surface area contributed by atoms with Crippen LogP contribution in [0.15, 0.2) is 59.5 Å². The van der Waals surface area contributed by atoms with Crippen molar-refractivity contribution in [3.63, 3.8) is 0 Å². The van der Waals surface area contributed by atoms with Crippen LogP contribution in [0.5, 0.6) is 0 Å². The first-order chi connectivity index (χ1) is 14.3. The number of nitrogens with one attached hydrogen (secondary N) is 1. The number of carbonyl (C=O) groups excluding carboxylic acids is 1. The first-order valence-corrected chi connectivity index (χ1v) is 11.9. The van der Waals surface area contributed by atoms with Crippen LogP contribution in [-0.4, -0.2) is 62.3 Å². The Labute approximate surface area is 183 Å². The molecule has 0 bridgehead atoms. The molecular formula is C22H28ClN3O3S. The van der Waals surface area contributed by atoms with E-state index in [2.05, 4.69) is 24.4 Å². The molecule has 6 nitrogen and oxygen atoms in total. The molecule has 2 aromatic carbocycles. The molecule has 8 heteroatoms. The summed E-state index contributed by atoms with van der Waals surface area (Å²) >= 11 is 6.08. The molecule has 2 aromatic rings. The summed E-state index contributed by atoms with van der Waals surface area (Å²) < 4.78 is 27.2. The van der Waals surface area contributed by atoms with Gasteiger partial charge in [0, 0.05) is 32.7 Å². The summed E-state index contributed by atoms with van der Waals surface area (Å²) in [7, 11) is -3.64. The Morgan fingerprint density at radius 1 is 1.00 bits per heavy atom. The molecule has 1 heterocycles. The number of benzene rings is 2. The predicted molar refractivity (Wildman–Crippen MR) is 119 cm³/mol. The highest BCUT2D eigenvalue weighted by atomic mass is 35.5. The van der Waals surface area contributed by atoms with Gasteiger partial charge in [0.15, 0.2) is 0 Å². The lowest BCUT2D eigenvalue weighted by atomic mass is 10.0. The zero-order chi connectivity index (χ0) is 21.7. The third-order valence-electron chi connectivity index (χ3n) is 5.61. The number of hydrogen-bond acceptors (Lipinski definition) is 4. The fraction of sp³-hybridized carbons (Fsp3) is 0.409. The van der Waals surface area contributed by atoms with Crippen LogP contribution in [0.4, 0.5) is 0 Å². The highest BCUT2D eigenvalue weighted by Crippen LogP contribution is 2.25. The summed E-state index contributed by atoms with van der Waals surface area (Å²) in [5.74, 6) is 0.181. The van der Waals surface area contributed by atoms with E-state index in [4.69, 9.17) is 11.6 Å². The standard InChI is InChI=1S/C22H28ClN3O3S/c1-17(19-8-4-3-5-9-19)16-24-22(27)18(2)25-12-14-26(15-13-25)30(28,29)21-11-7-6-10-20(21)23/h3-11,17-18H,12-16H2,1-2H3,(H,24,27). The van der Waals surface area contributed by atoms with E-state index >= 15 is 0 Å². The molecule has 0 saturated carbocycles. The van der Waals surface area contributed by atoms with E-state index < -0.39 is 10.0 Å². The van der Waals surface area contributed by atoms with Crippen molar-refractivity contribution in [3.05, 3.63) is 65.2 Å². The summed E-state index contributed by atoms with van der Waals surface area (Å²) in [5.41, 5.74) is 1.18. The van der Waals surface area contributed by atoms with Gasteiger partial charge in [-0.05, 0) is 30.5 Å². The van der Waals surface area contributed by atoms with Crippen molar-refractivity contribution < 1.29 is 13.2 Å². The van der Waals surface area contributed by atoms with Gasteiger partial charge in [-0.15, -0.1) is 0 Å². The molecular weight excluding hydrogens is 422 g/mol. The summed E-state index contributed by atoms with van der Waals surface area (Å²) in [6.07, 6.45) is 0. The quantitative estimate of drug-likeness (QED) is 0.705. The zero-order valence-electron chi connectivity index (χ0n) is 17.3. The van der Waals surface area contributed by atoms with E-state index in [1.807, 2.05) is 30.0 Å². The summed E-state index contributed by atoms with van der Waals surface area (Å²) in [6.45, 7) is 6.14. The van der Waals surface area contributed by atoms with E-state index in [1.54, 1.807) is 18.2 Å². The average Bonchev–Trinajstić information content (AvgIpc) is 2.77. The molecule has 0 radical (unpaired) electrons. The van der Waals surface area contributed by atoms with Gasteiger partial charge in [0.25, 0.3) is 0 Å². The van der Waals surface area contributed by atoms with Crippen molar-refractivity contribution in [1.82, 2.24) is 14.5 Å². The molecule has 1 aliphatic heterocycles. The molecule has 162 valence electrons. The van der Waals surface area contributed by atoms with Gasteiger partial charge in [0.05, 0.1) is 11.1 Å². The molecule has 1 aliphatic rings. The molecule has 1 amide bonds. The fourth-order valence-electron chi connectivity index (χ4n) is 3.59. The van der Waals surface area contributed by atoms with Crippen LogP contribution >= 0.6 is 11.6 Å². The van der Waals surface area contributed by atoms with E-state index in [1.165, 1.54) is 15.9 Å². The molecule has 0 spiro atoms. The average molecular weight is 450 g/mol. The second-order valence-corrected chi connectivity index (χ2v) is 9.92. The highest BCUT2D eigenvalue weighted by molar-refractivity contribution is 7.89. The molecule has 1 N–H and O–H groups in total. The number of piperazine rings is 1. The van der Waals surface area contributed by atoms with Gasteiger partial charge < -0.3 is 5.32 Å². The SMILES string of the molecule is CC(CNC(=O)C(C)N1CCN(S(=O)(=O)c2ccccc2Cl)CC1)c1ccccc1. The second kappa shape index (κ2) is 9.92. The molecule has 3 rings (SSSR count). The van der Waals surface area contributed by atoms with Gasteiger partial charge in [-0.1, -0.05) is 61.0 Å².